The molecule has 0 amide bonds. The molecule has 3 saturated heterocycles. The summed E-state index contributed by atoms with van der Waals surface area (Å²) < 4.78 is 5.92. The molecule has 2 aromatic rings. The number of carbonyl (C=O) groups is 1. The van der Waals surface area contributed by atoms with Crippen molar-refractivity contribution in [2.75, 3.05) is 19.6 Å². The number of nitrogens with zero attached hydrogens (tertiary/aromatic N) is 3. The minimum atomic E-state index is -0.274. The van der Waals surface area contributed by atoms with Crippen molar-refractivity contribution < 1.29 is 9.53 Å². The first-order valence-electron chi connectivity index (χ1n) is 8.76. The van der Waals surface area contributed by atoms with E-state index in [4.69, 9.17) is 4.74 Å². The van der Waals surface area contributed by atoms with Crippen LogP contribution in [-0.4, -0.2) is 46.6 Å². The summed E-state index contributed by atoms with van der Waals surface area (Å²) in [5, 5.41) is 0. The van der Waals surface area contributed by atoms with Gasteiger partial charge in [0.05, 0.1) is 11.3 Å². The lowest BCUT2D eigenvalue weighted by Gasteiger charge is -2.44. The molecule has 3 aliphatic rings. The van der Waals surface area contributed by atoms with Crippen molar-refractivity contribution in [3.05, 3.63) is 60.2 Å². The smallest absolute Gasteiger partial charge is 0.339 e. The van der Waals surface area contributed by atoms with Gasteiger partial charge >= 0.3 is 5.97 Å². The molecule has 2 bridgehead atoms. The molecule has 128 valence electrons. The number of ether oxygens (including phenoxy) is 1. The molecule has 0 unspecified atom stereocenters. The van der Waals surface area contributed by atoms with Crippen LogP contribution < -0.4 is 0 Å². The second kappa shape index (κ2) is 7.15. The Bertz CT molecular complexity index is 753. The SMILES string of the molecule is O=C(O[C@H]1CN2CCC1CC2)/C(=C\c1ccncn1)c1ccccc1. The average Bonchev–Trinajstić information content (AvgIpc) is 2.68. The molecule has 3 aliphatic heterocycles. The Balaban J connectivity index is 1.59. The van der Waals surface area contributed by atoms with Gasteiger partial charge in [-0.1, -0.05) is 30.3 Å². The van der Waals surface area contributed by atoms with Gasteiger partial charge in [-0.15, -0.1) is 0 Å². The third-order valence-electron chi connectivity index (χ3n) is 5.06. The molecule has 0 N–H and O–H groups in total. The number of hydrogen-bond acceptors (Lipinski definition) is 5. The van der Waals surface area contributed by atoms with E-state index in [1.807, 2.05) is 30.3 Å². The van der Waals surface area contributed by atoms with Crippen LogP contribution >= 0.6 is 0 Å². The monoisotopic (exact) mass is 335 g/mol. The number of hydrogen-bond donors (Lipinski definition) is 0. The van der Waals surface area contributed by atoms with Crippen LogP contribution in [-0.2, 0) is 9.53 Å². The van der Waals surface area contributed by atoms with Crippen LogP contribution in [0.1, 0.15) is 24.1 Å². The van der Waals surface area contributed by atoms with Crippen LogP contribution in [0.2, 0.25) is 0 Å². The molecule has 5 rings (SSSR count). The van der Waals surface area contributed by atoms with Crippen molar-refractivity contribution in [2.45, 2.75) is 18.9 Å². The maximum absolute atomic E-state index is 12.9. The summed E-state index contributed by atoms with van der Waals surface area (Å²) in [6, 6.07) is 11.4. The summed E-state index contributed by atoms with van der Waals surface area (Å²) >= 11 is 0. The normalized spacial score (nSPS) is 25.6. The zero-order valence-corrected chi connectivity index (χ0v) is 14.0. The molecule has 5 nitrogen and oxygen atoms in total. The average molecular weight is 335 g/mol. The third kappa shape index (κ3) is 3.61. The first-order chi connectivity index (χ1) is 12.3. The van der Waals surface area contributed by atoms with E-state index in [2.05, 4.69) is 14.9 Å². The first kappa shape index (κ1) is 16.0. The molecule has 0 spiro atoms. The number of rotatable bonds is 4. The lowest BCUT2D eigenvalue weighted by molar-refractivity contribution is -0.151. The number of carbonyl (C=O) groups excluding carboxylic acids is 1. The standard InChI is InChI=1S/C20H21N3O2/c24-20(25-19-13-23-10-7-16(19)8-11-23)18(15-4-2-1-3-5-15)12-17-6-9-21-14-22-17/h1-6,9,12,14,16,19H,7-8,10-11,13H2/b18-12-/t19-/m0/s1. The molecule has 1 aromatic carbocycles. The first-order valence-corrected chi connectivity index (χ1v) is 8.76. The number of piperidine rings is 3. The van der Waals surface area contributed by atoms with Crippen LogP contribution in [0.3, 0.4) is 0 Å². The van der Waals surface area contributed by atoms with Gasteiger partial charge in [0.25, 0.3) is 0 Å². The van der Waals surface area contributed by atoms with Gasteiger partial charge in [0.1, 0.15) is 12.4 Å². The van der Waals surface area contributed by atoms with Gasteiger partial charge in [0, 0.05) is 12.7 Å². The van der Waals surface area contributed by atoms with Crippen LogP contribution in [0, 0.1) is 5.92 Å². The Hall–Kier alpha value is -2.53. The minimum absolute atomic E-state index is 0.00693. The van der Waals surface area contributed by atoms with Crippen molar-refractivity contribution in [1.29, 1.82) is 0 Å². The fourth-order valence-electron chi connectivity index (χ4n) is 3.66. The number of esters is 1. The van der Waals surface area contributed by atoms with E-state index >= 15 is 0 Å². The second-order valence-corrected chi connectivity index (χ2v) is 6.64. The summed E-state index contributed by atoms with van der Waals surface area (Å²) in [7, 11) is 0. The van der Waals surface area contributed by atoms with Crippen molar-refractivity contribution in [1.82, 2.24) is 14.9 Å². The summed E-state index contributed by atoms with van der Waals surface area (Å²) in [6.07, 6.45) is 7.16. The van der Waals surface area contributed by atoms with Crippen molar-refractivity contribution in [2.24, 2.45) is 5.92 Å². The Morgan fingerprint density at radius 1 is 1.16 bits per heavy atom. The number of aromatic nitrogens is 2. The quantitative estimate of drug-likeness (QED) is 0.635. The number of benzene rings is 1. The van der Waals surface area contributed by atoms with Crippen LogP contribution in [0.15, 0.2) is 48.9 Å². The van der Waals surface area contributed by atoms with Crippen LogP contribution in [0.4, 0.5) is 0 Å². The highest BCUT2D eigenvalue weighted by Crippen LogP contribution is 2.31. The lowest BCUT2D eigenvalue weighted by atomic mass is 9.86. The van der Waals surface area contributed by atoms with Crippen LogP contribution in [0.25, 0.3) is 11.6 Å². The fraction of sp³-hybridized carbons (Fsp3) is 0.350. The highest BCUT2D eigenvalue weighted by atomic mass is 16.5. The fourth-order valence-corrected chi connectivity index (χ4v) is 3.66. The molecule has 1 atom stereocenters. The molecule has 0 radical (unpaired) electrons. The maximum Gasteiger partial charge on any atom is 0.339 e. The lowest BCUT2D eigenvalue weighted by Crippen LogP contribution is -2.52. The third-order valence-corrected chi connectivity index (χ3v) is 5.06. The van der Waals surface area contributed by atoms with E-state index in [0.717, 1.165) is 38.0 Å². The number of fused-ring (bicyclic) bond motifs is 3. The molecular weight excluding hydrogens is 314 g/mol. The van der Waals surface area contributed by atoms with E-state index in [1.165, 1.54) is 6.33 Å². The van der Waals surface area contributed by atoms with Gasteiger partial charge in [-0.05, 0) is 49.6 Å². The van der Waals surface area contributed by atoms with Crippen molar-refractivity contribution in [3.63, 3.8) is 0 Å². The van der Waals surface area contributed by atoms with Gasteiger partial charge in [-0.25, -0.2) is 14.8 Å². The van der Waals surface area contributed by atoms with Gasteiger partial charge in [0.2, 0.25) is 0 Å². The maximum atomic E-state index is 12.9. The predicted octanol–water partition coefficient (Wildman–Crippen LogP) is 2.65. The Labute approximate surface area is 147 Å². The Morgan fingerprint density at radius 2 is 1.96 bits per heavy atom. The summed E-state index contributed by atoms with van der Waals surface area (Å²) in [6.45, 7) is 3.11. The molecular formula is C20H21N3O2. The molecule has 1 aromatic heterocycles. The summed E-state index contributed by atoms with van der Waals surface area (Å²) in [4.78, 5) is 23.5. The molecule has 0 saturated carbocycles. The second-order valence-electron chi connectivity index (χ2n) is 6.64. The van der Waals surface area contributed by atoms with Crippen molar-refractivity contribution in [3.8, 4) is 0 Å². The Kier molecular flexibility index (Phi) is 4.57. The highest BCUT2D eigenvalue weighted by molar-refractivity contribution is 6.21. The van der Waals surface area contributed by atoms with Gasteiger partial charge < -0.3 is 4.74 Å². The zero-order valence-electron chi connectivity index (χ0n) is 14.0. The summed E-state index contributed by atoms with van der Waals surface area (Å²) in [5.74, 6) is 0.216. The molecule has 25 heavy (non-hydrogen) atoms. The van der Waals surface area contributed by atoms with E-state index in [-0.39, 0.29) is 12.1 Å². The highest BCUT2D eigenvalue weighted by Gasteiger charge is 2.37. The summed E-state index contributed by atoms with van der Waals surface area (Å²) in [5.41, 5.74) is 2.07. The molecule has 0 aliphatic carbocycles. The Morgan fingerprint density at radius 3 is 2.60 bits per heavy atom. The minimum Gasteiger partial charge on any atom is -0.457 e. The van der Waals surface area contributed by atoms with Gasteiger partial charge in [-0.2, -0.15) is 0 Å². The zero-order chi connectivity index (χ0) is 17.1. The molecule has 5 heteroatoms. The van der Waals surface area contributed by atoms with Gasteiger partial charge in [0.15, 0.2) is 0 Å². The van der Waals surface area contributed by atoms with Crippen LogP contribution in [0.5, 0.6) is 0 Å². The topological polar surface area (TPSA) is 55.3 Å². The van der Waals surface area contributed by atoms with E-state index in [9.17, 15) is 4.79 Å². The van der Waals surface area contributed by atoms with E-state index in [1.54, 1.807) is 18.3 Å². The van der Waals surface area contributed by atoms with E-state index < -0.39 is 0 Å². The molecule has 4 heterocycles. The van der Waals surface area contributed by atoms with Crippen molar-refractivity contribution >= 4 is 17.6 Å². The largest absolute Gasteiger partial charge is 0.457 e. The predicted molar refractivity (Wildman–Crippen MR) is 95.4 cm³/mol. The van der Waals surface area contributed by atoms with E-state index in [0.29, 0.717) is 17.2 Å². The molecule has 3 fully saturated rings. The van der Waals surface area contributed by atoms with Gasteiger partial charge in [-0.3, -0.25) is 4.90 Å².